The van der Waals surface area contributed by atoms with E-state index in [0.29, 0.717) is 33.7 Å². The highest BCUT2D eigenvalue weighted by Crippen LogP contribution is 2.30. The molecule has 1 heterocycles. The van der Waals surface area contributed by atoms with Gasteiger partial charge in [-0.15, -0.1) is 0 Å². The van der Waals surface area contributed by atoms with E-state index in [-0.39, 0.29) is 11.6 Å². The lowest BCUT2D eigenvalue weighted by Crippen LogP contribution is -2.05. The molecule has 0 saturated heterocycles. The van der Waals surface area contributed by atoms with Crippen molar-refractivity contribution in [2.24, 2.45) is 4.99 Å². The van der Waals surface area contributed by atoms with Crippen molar-refractivity contribution in [3.05, 3.63) is 63.3 Å². The molecule has 0 amide bonds. The molecule has 134 valence electrons. The van der Waals surface area contributed by atoms with Gasteiger partial charge in [-0.1, -0.05) is 29.3 Å². The quantitative estimate of drug-likeness (QED) is 0.545. The Hall–Kier alpha value is -2.50. The van der Waals surface area contributed by atoms with Crippen LogP contribution < -0.4 is 9.47 Å². The van der Waals surface area contributed by atoms with Crippen LogP contribution in [0.25, 0.3) is 6.08 Å². The topological polar surface area (TPSA) is 57.1 Å². The van der Waals surface area contributed by atoms with Crippen LogP contribution in [0, 0.1) is 0 Å². The molecule has 0 N–H and O–H groups in total. The highest BCUT2D eigenvalue weighted by atomic mass is 35.5. The van der Waals surface area contributed by atoms with E-state index in [1.165, 1.54) is 0 Å². The molecule has 1 aliphatic heterocycles. The van der Waals surface area contributed by atoms with Crippen molar-refractivity contribution in [1.29, 1.82) is 0 Å². The van der Waals surface area contributed by atoms with Crippen LogP contribution >= 0.6 is 23.2 Å². The Morgan fingerprint density at radius 3 is 2.65 bits per heavy atom. The first-order valence-electron chi connectivity index (χ1n) is 7.80. The summed E-state index contributed by atoms with van der Waals surface area (Å²) in [6.07, 6.45) is 1.61. The third kappa shape index (κ3) is 3.84. The maximum absolute atomic E-state index is 12.1. The van der Waals surface area contributed by atoms with E-state index in [0.717, 1.165) is 5.56 Å². The minimum atomic E-state index is -0.557. The first-order valence-corrected chi connectivity index (χ1v) is 8.56. The molecule has 0 fully saturated rings. The maximum Gasteiger partial charge on any atom is 0.363 e. The second-order valence-corrected chi connectivity index (χ2v) is 6.15. The molecule has 0 spiro atoms. The number of rotatable bonds is 5. The molecular formula is C19H15Cl2NO4. The summed E-state index contributed by atoms with van der Waals surface area (Å²) in [4.78, 5) is 16.4. The van der Waals surface area contributed by atoms with E-state index in [1.54, 1.807) is 49.6 Å². The molecule has 0 bridgehead atoms. The minimum absolute atomic E-state index is 0.140. The molecule has 1 aliphatic rings. The van der Waals surface area contributed by atoms with Gasteiger partial charge in [0.1, 0.15) is 0 Å². The Bertz CT molecular complexity index is 922. The fourth-order valence-electron chi connectivity index (χ4n) is 2.39. The number of cyclic esters (lactones) is 1. The van der Waals surface area contributed by atoms with Crippen LogP contribution in [-0.2, 0) is 9.53 Å². The summed E-state index contributed by atoms with van der Waals surface area (Å²) in [7, 11) is 1.55. The van der Waals surface area contributed by atoms with Gasteiger partial charge in [-0.2, -0.15) is 0 Å². The number of nitrogens with zero attached hydrogens (tertiary/aromatic N) is 1. The van der Waals surface area contributed by atoms with Gasteiger partial charge in [0.2, 0.25) is 5.90 Å². The number of carbonyl (C=O) groups is 1. The zero-order chi connectivity index (χ0) is 18.7. The van der Waals surface area contributed by atoms with E-state index >= 15 is 0 Å². The molecular weight excluding hydrogens is 377 g/mol. The van der Waals surface area contributed by atoms with Crippen molar-refractivity contribution in [2.45, 2.75) is 6.92 Å². The minimum Gasteiger partial charge on any atom is -0.493 e. The van der Waals surface area contributed by atoms with Crippen LogP contribution in [0.4, 0.5) is 0 Å². The zero-order valence-corrected chi connectivity index (χ0v) is 15.6. The van der Waals surface area contributed by atoms with Gasteiger partial charge in [0.05, 0.1) is 24.3 Å². The summed E-state index contributed by atoms with van der Waals surface area (Å²) < 4.78 is 16.0. The third-order valence-corrected chi connectivity index (χ3v) is 4.12. The lowest BCUT2D eigenvalue weighted by molar-refractivity contribution is -0.129. The van der Waals surface area contributed by atoms with Gasteiger partial charge in [0.15, 0.2) is 17.2 Å². The number of methoxy groups -OCH3 is 1. The van der Waals surface area contributed by atoms with Crippen LogP contribution in [0.2, 0.25) is 10.0 Å². The maximum atomic E-state index is 12.1. The fraction of sp³-hybridized carbons (Fsp3) is 0.158. The van der Waals surface area contributed by atoms with Crippen LogP contribution in [0.3, 0.4) is 0 Å². The molecule has 2 aromatic rings. The second-order valence-electron chi connectivity index (χ2n) is 5.30. The lowest BCUT2D eigenvalue weighted by atomic mass is 10.1. The molecule has 26 heavy (non-hydrogen) atoms. The van der Waals surface area contributed by atoms with Crippen LogP contribution in [-0.4, -0.2) is 25.6 Å². The van der Waals surface area contributed by atoms with Gasteiger partial charge in [-0.3, -0.25) is 0 Å². The van der Waals surface area contributed by atoms with Crippen LogP contribution in [0.5, 0.6) is 11.5 Å². The van der Waals surface area contributed by atoms with E-state index in [9.17, 15) is 4.79 Å². The molecule has 2 aromatic carbocycles. The number of benzene rings is 2. The lowest BCUT2D eigenvalue weighted by Gasteiger charge is -2.09. The van der Waals surface area contributed by atoms with Gasteiger partial charge >= 0.3 is 5.97 Å². The van der Waals surface area contributed by atoms with Gasteiger partial charge in [0, 0.05) is 5.02 Å². The molecule has 0 aromatic heterocycles. The molecule has 7 heteroatoms. The molecule has 0 aliphatic carbocycles. The van der Waals surface area contributed by atoms with E-state index in [2.05, 4.69) is 4.99 Å². The summed E-state index contributed by atoms with van der Waals surface area (Å²) in [6.45, 7) is 2.42. The van der Waals surface area contributed by atoms with Gasteiger partial charge in [-0.25, -0.2) is 9.79 Å². The molecule has 0 saturated carbocycles. The third-order valence-electron chi connectivity index (χ3n) is 3.57. The van der Waals surface area contributed by atoms with Crippen molar-refractivity contribution >= 4 is 41.1 Å². The van der Waals surface area contributed by atoms with Gasteiger partial charge < -0.3 is 14.2 Å². The van der Waals surface area contributed by atoms with Crippen molar-refractivity contribution < 1.29 is 19.0 Å². The first kappa shape index (κ1) is 18.3. The van der Waals surface area contributed by atoms with Gasteiger partial charge in [-0.05, 0) is 48.9 Å². The van der Waals surface area contributed by atoms with Crippen LogP contribution in [0.1, 0.15) is 18.1 Å². The number of aliphatic imine (C=N–C) groups is 1. The monoisotopic (exact) mass is 391 g/mol. The van der Waals surface area contributed by atoms with Crippen molar-refractivity contribution in [2.75, 3.05) is 13.7 Å². The summed E-state index contributed by atoms with van der Waals surface area (Å²) >= 11 is 12.0. The Balaban J connectivity index is 1.93. The number of halogens is 2. The Labute approximate surface area is 160 Å². The highest BCUT2D eigenvalue weighted by molar-refractivity contribution is 6.37. The summed E-state index contributed by atoms with van der Waals surface area (Å²) in [5, 5.41) is 0.842. The largest absolute Gasteiger partial charge is 0.493 e. The SMILES string of the molecule is CCOc1ccc(/C=C2/N=C(c3ccc(Cl)cc3Cl)OC2=O)cc1OC. The summed E-state index contributed by atoms with van der Waals surface area (Å²) in [6, 6.07) is 10.2. The highest BCUT2D eigenvalue weighted by Gasteiger charge is 2.25. The van der Waals surface area contributed by atoms with Crippen LogP contribution in [0.15, 0.2) is 47.1 Å². The number of hydrogen-bond acceptors (Lipinski definition) is 5. The van der Waals surface area contributed by atoms with Gasteiger partial charge in [0.25, 0.3) is 0 Å². The second kappa shape index (κ2) is 7.81. The van der Waals surface area contributed by atoms with E-state index < -0.39 is 5.97 Å². The molecule has 5 nitrogen and oxygen atoms in total. The number of ether oxygens (including phenoxy) is 3. The number of esters is 1. The Morgan fingerprint density at radius 1 is 1.15 bits per heavy atom. The summed E-state index contributed by atoms with van der Waals surface area (Å²) in [5.74, 6) is 0.778. The average molecular weight is 392 g/mol. The summed E-state index contributed by atoms with van der Waals surface area (Å²) in [5.41, 5.74) is 1.39. The van der Waals surface area contributed by atoms with Crippen molar-refractivity contribution in [3.63, 3.8) is 0 Å². The first-order chi connectivity index (χ1) is 12.5. The Morgan fingerprint density at radius 2 is 1.96 bits per heavy atom. The molecule has 0 unspecified atom stereocenters. The number of carbonyl (C=O) groups excluding carboxylic acids is 1. The predicted molar refractivity (Wildman–Crippen MR) is 101 cm³/mol. The van der Waals surface area contributed by atoms with E-state index in [1.807, 2.05) is 6.92 Å². The molecule has 3 rings (SSSR count). The molecule has 0 radical (unpaired) electrons. The predicted octanol–water partition coefficient (Wildman–Crippen LogP) is 4.75. The van der Waals surface area contributed by atoms with E-state index in [4.69, 9.17) is 37.4 Å². The fourth-order valence-corrected chi connectivity index (χ4v) is 2.88. The standard InChI is InChI=1S/C19H15Cl2NO4/c1-3-25-16-7-4-11(9-17(16)24-2)8-15-19(23)26-18(22-15)13-6-5-12(20)10-14(13)21/h4-10H,3H2,1-2H3/b15-8+. The zero-order valence-electron chi connectivity index (χ0n) is 14.1. The molecule has 0 atom stereocenters. The van der Waals surface area contributed by atoms with Crippen molar-refractivity contribution in [3.8, 4) is 11.5 Å². The van der Waals surface area contributed by atoms with Crippen molar-refractivity contribution in [1.82, 2.24) is 0 Å². The number of hydrogen-bond donors (Lipinski definition) is 0. The smallest absolute Gasteiger partial charge is 0.363 e. The Kier molecular flexibility index (Phi) is 5.49. The normalized spacial score (nSPS) is 15.0. The average Bonchev–Trinajstić information content (AvgIpc) is 2.96.